The summed E-state index contributed by atoms with van der Waals surface area (Å²) in [6, 6.07) is 6.22. The molecule has 0 aromatic carbocycles. The van der Waals surface area contributed by atoms with Gasteiger partial charge in [0, 0.05) is 18.6 Å². The zero-order chi connectivity index (χ0) is 16.7. The van der Waals surface area contributed by atoms with E-state index >= 15 is 0 Å². The van der Waals surface area contributed by atoms with Crippen LogP contribution in [0.4, 0.5) is 17.3 Å². The Balaban J connectivity index is 0. The number of hydrogen-bond acceptors (Lipinski definition) is 3. The molecule has 0 aliphatic rings. The standard InChI is InChI=1S/C11H18N.BF4.BH3O3/c1-2-3-4-6-9-12-10-7-5-8-11-12;2-1(3,4)5;2-1(3)4/h5,7-8,10-11H,2-4,6,9H2,1H3;;2-4H/q+1;-1;. The Bertz CT molecular complexity index is 320. The monoisotopic (exact) mass is 313 g/mol. The molecule has 1 rings (SSSR count). The zero-order valence-electron chi connectivity index (χ0n) is 11.9. The van der Waals surface area contributed by atoms with Gasteiger partial charge in [0.15, 0.2) is 12.4 Å². The predicted octanol–water partition coefficient (Wildman–Crippen LogP) is 1.80. The molecule has 10 heteroatoms. The first kappa shape index (κ1) is 22.2. The van der Waals surface area contributed by atoms with Gasteiger partial charge in [-0.3, -0.25) is 0 Å². The predicted molar refractivity (Wildman–Crippen MR) is 73.4 cm³/mol. The summed E-state index contributed by atoms with van der Waals surface area (Å²) in [4.78, 5) is 0. The molecule has 0 radical (unpaired) electrons. The van der Waals surface area contributed by atoms with E-state index in [-0.39, 0.29) is 0 Å². The molecule has 3 N–H and O–H groups in total. The van der Waals surface area contributed by atoms with Crippen molar-refractivity contribution in [3.63, 3.8) is 0 Å². The second-order valence-corrected chi connectivity index (χ2v) is 4.02. The summed E-state index contributed by atoms with van der Waals surface area (Å²) in [5.41, 5.74) is 0. The summed E-state index contributed by atoms with van der Waals surface area (Å²) < 4.78 is 41.2. The third-order valence-electron chi connectivity index (χ3n) is 2.05. The lowest BCUT2D eigenvalue weighted by Crippen LogP contribution is -2.32. The summed E-state index contributed by atoms with van der Waals surface area (Å²) in [6.45, 7) is 3.41. The average Bonchev–Trinajstić information content (AvgIpc) is 2.33. The van der Waals surface area contributed by atoms with Crippen LogP contribution in [0.2, 0.25) is 0 Å². The van der Waals surface area contributed by atoms with Crippen molar-refractivity contribution in [2.75, 3.05) is 0 Å². The summed E-state index contributed by atoms with van der Waals surface area (Å²) in [6.07, 6.45) is 9.62. The van der Waals surface area contributed by atoms with E-state index in [1.807, 2.05) is 0 Å². The lowest BCUT2D eigenvalue weighted by atomic mass is 10.2. The molecular weight excluding hydrogens is 292 g/mol. The fourth-order valence-corrected chi connectivity index (χ4v) is 1.30. The van der Waals surface area contributed by atoms with Crippen molar-refractivity contribution in [1.82, 2.24) is 0 Å². The first-order chi connectivity index (χ1) is 9.66. The number of pyridine rings is 1. The van der Waals surface area contributed by atoms with E-state index in [0.717, 1.165) is 0 Å². The minimum Gasteiger partial charge on any atom is -0.418 e. The number of hydrogen-bond donors (Lipinski definition) is 3. The first-order valence-electron chi connectivity index (χ1n) is 6.52. The minimum absolute atomic E-state index is 1.17. The molecule has 0 saturated heterocycles. The highest BCUT2D eigenvalue weighted by Crippen LogP contribution is 2.06. The number of halogens is 4. The van der Waals surface area contributed by atoms with E-state index in [1.165, 1.54) is 32.2 Å². The van der Waals surface area contributed by atoms with Crippen molar-refractivity contribution >= 4 is 14.6 Å². The third kappa shape index (κ3) is 32.4. The topological polar surface area (TPSA) is 64.6 Å². The molecule has 1 heterocycles. The van der Waals surface area contributed by atoms with Gasteiger partial charge in [-0.2, -0.15) is 0 Å². The van der Waals surface area contributed by atoms with E-state index in [2.05, 4.69) is 42.1 Å². The average molecular weight is 313 g/mol. The molecule has 0 aliphatic heterocycles. The number of rotatable bonds is 5. The van der Waals surface area contributed by atoms with E-state index in [1.54, 1.807) is 0 Å². The minimum atomic E-state index is -6.00. The van der Waals surface area contributed by atoms with Crippen LogP contribution in [-0.2, 0) is 6.54 Å². The van der Waals surface area contributed by atoms with Crippen molar-refractivity contribution in [2.45, 2.75) is 39.2 Å². The summed E-state index contributed by atoms with van der Waals surface area (Å²) in [5.74, 6) is 0. The lowest BCUT2D eigenvalue weighted by molar-refractivity contribution is -0.697. The molecule has 0 fully saturated rings. The molecule has 21 heavy (non-hydrogen) atoms. The van der Waals surface area contributed by atoms with Crippen LogP contribution in [0.15, 0.2) is 30.6 Å². The second kappa shape index (κ2) is 13.8. The van der Waals surface area contributed by atoms with E-state index in [4.69, 9.17) is 15.1 Å². The fraction of sp³-hybridized carbons (Fsp3) is 0.545. The molecular formula is C11H21B2F4NO3. The zero-order valence-corrected chi connectivity index (χ0v) is 11.9. The van der Waals surface area contributed by atoms with Crippen LogP contribution < -0.4 is 4.57 Å². The summed E-state index contributed by atoms with van der Waals surface area (Å²) in [5, 5.41) is 21.5. The smallest absolute Gasteiger partial charge is 0.418 e. The van der Waals surface area contributed by atoms with Crippen molar-refractivity contribution in [2.24, 2.45) is 0 Å². The molecule has 0 atom stereocenters. The number of aryl methyl sites for hydroxylation is 1. The number of unbranched alkanes of at least 4 members (excludes halogenated alkanes) is 3. The second-order valence-electron chi connectivity index (χ2n) is 4.02. The maximum atomic E-state index is 9.75. The highest BCUT2D eigenvalue weighted by Gasteiger charge is 2.20. The van der Waals surface area contributed by atoms with Gasteiger partial charge in [0.25, 0.3) is 0 Å². The lowest BCUT2D eigenvalue weighted by Gasteiger charge is -1.95. The highest BCUT2D eigenvalue weighted by atomic mass is 19.5. The van der Waals surface area contributed by atoms with E-state index in [0.29, 0.717) is 0 Å². The van der Waals surface area contributed by atoms with Gasteiger partial charge in [-0.25, -0.2) is 4.57 Å². The number of nitrogens with zero attached hydrogens (tertiary/aromatic N) is 1. The SMILES string of the molecule is CCCCCC[n+]1ccccc1.F[B-](F)(F)F.OB(O)O. The van der Waals surface area contributed by atoms with Crippen molar-refractivity contribution in [3.8, 4) is 0 Å². The Morgan fingerprint density at radius 3 is 1.71 bits per heavy atom. The van der Waals surface area contributed by atoms with Crippen molar-refractivity contribution in [3.05, 3.63) is 30.6 Å². The van der Waals surface area contributed by atoms with Gasteiger partial charge >= 0.3 is 14.6 Å². The first-order valence-corrected chi connectivity index (χ1v) is 6.52. The largest absolute Gasteiger partial charge is 0.673 e. The molecule has 4 nitrogen and oxygen atoms in total. The third-order valence-corrected chi connectivity index (χ3v) is 2.05. The Hall–Kier alpha value is -1.12. The van der Waals surface area contributed by atoms with Crippen LogP contribution in [0.5, 0.6) is 0 Å². The molecule has 1 aromatic heterocycles. The van der Waals surface area contributed by atoms with Crippen LogP contribution in [0.1, 0.15) is 32.6 Å². The maximum Gasteiger partial charge on any atom is 0.673 e. The van der Waals surface area contributed by atoms with E-state index < -0.39 is 14.6 Å². The van der Waals surface area contributed by atoms with E-state index in [9.17, 15) is 17.3 Å². The molecule has 0 unspecified atom stereocenters. The molecule has 1 aromatic rings. The Labute approximate surface area is 122 Å². The molecule has 0 amide bonds. The molecule has 0 bridgehead atoms. The van der Waals surface area contributed by atoms with Gasteiger partial charge in [-0.1, -0.05) is 25.8 Å². The van der Waals surface area contributed by atoms with Crippen LogP contribution in [0.3, 0.4) is 0 Å². The molecule has 0 saturated carbocycles. The molecule has 0 aliphatic carbocycles. The van der Waals surface area contributed by atoms with Crippen molar-refractivity contribution in [1.29, 1.82) is 0 Å². The van der Waals surface area contributed by atoms with Crippen molar-refractivity contribution < 1.29 is 36.9 Å². The summed E-state index contributed by atoms with van der Waals surface area (Å²) >= 11 is 0. The molecule has 0 spiro atoms. The summed E-state index contributed by atoms with van der Waals surface area (Å²) in [7, 11) is -8.17. The Morgan fingerprint density at radius 1 is 0.905 bits per heavy atom. The number of aromatic nitrogens is 1. The normalized spacial score (nSPS) is 9.90. The fourth-order valence-electron chi connectivity index (χ4n) is 1.30. The Kier molecular flexibility index (Phi) is 14.6. The van der Waals surface area contributed by atoms with Gasteiger partial charge in [0.1, 0.15) is 6.54 Å². The van der Waals surface area contributed by atoms with Gasteiger partial charge in [-0.05, 0) is 6.42 Å². The van der Waals surface area contributed by atoms with Crippen LogP contribution in [0.25, 0.3) is 0 Å². The van der Waals surface area contributed by atoms with Crippen LogP contribution >= 0.6 is 0 Å². The molecule has 122 valence electrons. The van der Waals surface area contributed by atoms with Gasteiger partial charge in [0.2, 0.25) is 0 Å². The van der Waals surface area contributed by atoms with Crippen LogP contribution in [-0.4, -0.2) is 29.6 Å². The Morgan fingerprint density at radius 2 is 1.33 bits per heavy atom. The van der Waals surface area contributed by atoms with Gasteiger partial charge in [-0.15, -0.1) is 0 Å². The van der Waals surface area contributed by atoms with Gasteiger partial charge in [0.05, 0.1) is 0 Å². The quantitative estimate of drug-likeness (QED) is 0.336. The highest BCUT2D eigenvalue weighted by molar-refractivity contribution is 6.50. The van der Waals surface area contributed by atoms with Crippen LogP contribution in [0, 0.1) is 0 Å². The maximum absolute atomic E-state index is 9.75. The van der Waals surface area contributed by atoms with Gasteiger partial charge < -0.3 is 32.3 Å².